The van der Waals surface area contributed by atoms with Crippen molar-refractivity contribution >= 4 is 29.0 Å². The van der Waals surface area contributed by atoms with Crippen LogP contribution in [0.25, 0.3) is 5.69 Å². The van der Waals surface area contributed by atoms with Gasteiger partial charge in [-0.1, -0.05) is 71.8 Å². The molecule has 7 heteroatoms. The van der Waals surface area contributed by atoms with Crippen molar-refractivity contribution in [3.05, 3.63) is 106 Å². The number of aryl methyl sites for hydroxylation is 2. The van der Waals surface area contributed by atoms with Gasteiger partial charge in [-0.05, 0) is 32.0 Å². The number of fused-ring (bicyclic) bond motifs is 3. The Labute approximate surface area is 190 Å². The Morgan fingerprint density at radius 3 is 2.38 bits per heavy atom. The van der Waals surface area contributed by atoms with Crippen LogP contribution in [0.3, 0.4) is 0 Å². The van der Waals surface area contributed by atoms with Crippen molar-refractivity contribution in [2.24, 2.45) is 5.10 Å². The van der Waals surface area contributed by atoms with Gasteiger partial charge in [-0.25, -0.2) is 5.01 Å². The van der Waals surface area contributed by atoms with Crippen molar-refractivity contribution in [2.75, 3.05) is 11.6 Å². The maximum absolute atomic E-state index is 13.1. The number of nitrogens with zero attached hydrogens (tertiary/aromatic N) is 5. The van der Waals surface area contributed by atoms with Gasteiger partial charge in [0.15, 0.2) is 5.78 Å². The Bertz CT molecular complexity index is 1340. The second-order valence-electron chi connectivity index (χ2n) is 7.70. The van der Waals surface area contributed by atoms with Crippen LogP contribution in [0.15, 0.2) is 77.9 Å². The van der Waals surface area contributed by atoms with Crippen LogP contribution in [-0.4, -0.2) is 32.8 Å². The van der Waals surface area contributed by atoms with Gasteiger partial charge in [0.1, 0.15) is 18.1 Å². The van der Waals surface area contributed by atoms with Crippen LogP contribution in [0.4, 0.5) is 5.95 Å². The van der Waals surface area contributed by atoms with Crippen LogP contribution in [-0.2, 0) is 0 Å². The van der Waals surface area contributed by atoms with Crippen molar-refractivity contribution < 1.29 is 4.79 Å². The molecule has 0 saturated carbocycles. The van der Waals surface area contributed by atoms with E-state index in [4.69, 9.17) is 16.7 Å². The van der Waals surface area contributed by atoms with Crippen molar-refractivity contribution in [2.45, 2.75) is 13.8 Å². The zero-order chi connectivity index (χ0) is 22.2. The van der Waals surface area contributed by atoms with E-state index in [1.54, 1.807) is 5.01 Å². The molecule has 5 rings (SSSR count). The number of carbonyl (C=O) groups is 1. The third-order valence-corrected chi connectivity index (χ3v) is 5.70. The SMILES string of the molecule is Cc1ccc(C(=O)CN2N=C(c3ccc(Cl)cc3)c3ccccc3-n3c(C)nnc32)cc1. The summed E-state index contributed by atoms with van der Waals surface area (Å²) in [5.41, 5.74) is 5.19. The first kappa shape index (κ1) is 20.2. The highest BCUT2D eigenvalue weighted by Gasteiger charge is 2.27. The second-order valence-corrected chi connectivity index (χ2v) is 8.14. The molecule has 0 amide bonds. The highest BCUT2D eigenvalue weighted by Crippen LogP contribution is 2.30. The van der Waals surface area contributed by atoms with Crippen molar-refractivity contribution in [3.8, 4) is 5.69 Å². The van der Waals surface area contributed by atoms with Gasteiger partial charge in [-0.3, -0.25) is 9.36 Å². The highest BCUT2D eigenvalue weighted by molar-refractivity contribution is 6.30. The van der Waals surface area contributed by atoms with Gasteiger partial charge in [-0.15, -0.1) is 10.2 Å². The average molecular weight is 442 g/mol. The zero-order valence-electron chi connectivity index (χ0n) is 17.7. The highest BCUT2D eigenvalue weighted by atomic mass is 35.5. The molecular formula is C25H20ClN5O. The smallest absolute Gasteiger partial charge is 0.252 e. The first-order chi connectivity index (χ1) is 15.5. The summed E-state index contributed by atoms with van der Waals surface area (Å²) in [5.74, 6) is 1.16. The molecule has 1 aliphatic heterocycles. The minimum Gasteiger partial charge on any atom is -0.292 e. The second kappa shape index (κ2) is 8.05. The quantitative estimate of drug-likeness (QED) is 0.418. The number of ketones is 1. The summed E-state index contributed by atoms with van der Waals surface area (Å²) >= 11 is 6.12. The first-order valence-electron chi connectivity index (χ1n) is 10.2. The Balaban J connectivity index is 1.66. The standard InChI is InChI=1S/C25H20ClN5O/c1-16-7-9-18(10-8-16)23(32)15-30-25-28-27-17(2)31(25)22-6-4-3-5-21(22)24(29-30)19-11-13-20(26)14-12-19/h3-14H,15H2,1-2H3. The molecule has 0 bridgehead atoms. The van der Waals surface area contributed by atoms with E-state index in [-0.39, 0.29) is 12.3 Å². The number of halogens is 1. The Hall–Kier alpha value is -3.77. The molecule has 3 aromatic carbocycles. The third-order valence-electron chi connectivity index (χ3n) is 5.44. The van der Waals surface area contributed by atoms with E-state index < -0.39 is 0 Å². The average Bonchev–Trinajstić information content (AvgIpc) is 3.12. The molecule has 0 saturated heterocycles. The van der Waals surface area contributed by atoms with E-state index >= 15 is 0 Å². The summed E-state index contributed by atoms with van der Waals surface area (Å²) in [6, 6.07) is 23.0. The topological polar surface area (TPSA) is 63.4 Å². The van der Waals surface area contributed by atoms with Crippen LogP contribution in [0.5, 0.6) is 0 Å². The summed E-state index contributed by atoms with van der Waals surface area (Å²) in [5, 5.41) is 15.8. The summed E-state index contributed by atoms with van der Waals surface area (Å²) in [6.07, 6.45) is 0. The number of Topliss-reactive ketones (excluding diaryl/α,β-unsaturated/α-hetero) is 1. The molecule has 158 valence electrons. The number of aromatic nitrogens is 3. The van der Waals surface area contributed by atoms with Gasteiger partial charge in [0.05, 0.1) is 5.69 Å². The van der Waals surface area contributed by atoms with Crippen LogP contribution in [0.1, 0.15) is 32.9 Å². The number of rotatable bonds is 4. The van der Waals surface area contributed by atoms with E-state index in [0.29, 0.717) is 22.4 Å². The van der Waals surface area contributed by atoms with E-state index in [9.17, 15) is 4.79 Å². The molecule has 4 aromatic rings. The largest absolute Gasteiger partial charge is 0.292 e. The number of carbonyl (C=O) groups excluding carboxylic acids is 1. The fourth-order valence-corrected chi connectivity index (χ4v) is 3.91. The number of hydrogen-bond donors (Lipinski definition) is 0. The molecule has 32 heavy (non-hydrogen) atoms. The van der Waals surface area contributed by atoms with Gasteiger partial charge in [-0.2, -0.15) is 5.10 Å². The predicted octanol–water partition coefficient (Wildman–Crippen LogP) is 4.99. The molecule has 2 heterocycles. The summed E-state index contributed by atoms with van der Waals surface area (Å²) in [7, 11) is 0. The van der Waals surface area contributed by atoms with Gasteiger partial charge in [0.2, 0.25) is 0 Å². The number of anilines is 1. The molecule has 6 nitrogen and oxygen atoms in total. The van der Waals surface area contributed by atoms with E-state index in [1.807, 2.05) is 91.2 Å². The predicted molar refractivity (Wildman–Crippen MR) is 126 cm³/mol. The van der Waals surface area contributed by atoms with Crippen LogP contribution in [0.2, 0.25) is 5.02 Å². The zero-order valence-corrected chi connectivity index (χ0v) is 18.4. The molecule has 1 aromatic heterocycles. The summed E-state index contributed by atoms with van der Waals surface area (Å²) in [6.45, 7) is 3.92. The molecule has 0 unspecified atom stereocenters. The lowest BCUT2D eigenvalue weighted by Crippen LogP contribution is -2.28. The van der Waals surface area contributed by atoms with Gasteiger partial charge < -0.3 is 0 Å². The molecule has 0 radical (unpaired) electrons. The summed E-state index contributed by atoms with van der Waals surface area (Å²) < 4.78 is 1.93. The Morgan fingerprint density at radius 2 is 1.62 bits per heavy atom. The van der Waals surface area contributed by atoms with Crippen molar-refractivity contribution in [1.82, 2.24) is 14.8 Å². The molecule has 0 N–H and O–H groups in total. The molecule has 0 aliphatic carbocycles. The van der Waals surface area contributed by atoms with Crippen molar-refractivity contribution in [1.29, 1.82) is 0 Å². The lowest BCUT2D eigenvalue weighted by Gasteiger charge is -2.17. The molecule has 0 spiro atoms. The van der Waals surface area contributed by atoms with Crippen LogP contribution < -0.4 is 5.01 Å². The maximum Gasteiger partial charge on any atom is 0.252 e. The molecule has 0 fully saturated rings. The molecule has 1 aliphatic rings. The Kier molecular flexibility index (Phi) is 5.07. The fourth-order valence-electron chi connectivity index (χ4n) is 3.78. The van der Waals surface area contributed by atoms with Gasteiger partial charge in [0.25, 0.3) is 5.95 Å². The third kappa shape index (κ3) is 3.59. The van der Waals surface area contributed by atoms with E-state index in [1.165, 1.54) is 0 Å². The van der Waals surface area contributed by atoms with Crippen LogP contribution in [0, 0.1) is 13.8 Å². The lowest BCUT2D eigenvalue weighted by atomic mass is 10.0. The number of para-hydroxylation sites is 1. The van der Waals surface area contributed by atoms with Crippen molar-refractivity contribution in [3.63, 3.8) is 0 Å². The van der Waals surface area contributed by atoms with Gasteiger partial charge in [0, 0.05) is 21.7 Å². The van der Waals surface area contributed by atoms with E-state index in [0.717, 1.165) is 28.1 Å². The normalized spacial score (nSPS) is 12.6. The van der Waals surface area contributed by atoms with E-state index in [2.05, 4.69) is 10.2 Å². The fraction of sp³-hybridized carbons (Fsp3) is 0.120. The number of benzene rings is 3. The van der Waals surface area contributed by atoms with Crippen LogP contribution >= 0.6 is 11.6 Å². The first-order valence-corrected chi connectivity index (χ1v) is 10.6. The minimum absolute atomic E-state index is 0.0340. The minimum atomic E-state index is -0.0534. The Morgan fingerprint density at radius 1 is 0.906 bits per heavy atom. The number of hydrogen-bond acceptors (Lipinski definition) is 5. The lowest BCUT2D eigenvalue weighted by molar-refractivity contribution is 0.0999. The number of hydrazone groups is 1. The molecular weight excluding hydrogens is 422 g/mol. The van der Waals surface area contributed by atoms with Gasteiger partial charge >= 0.3 is 0 Å². The molecule has 0 atom stereocenters. The maximum atomic E-state index is 13.1. The monoisotopic (exact) mass is 441 g/mol. The summed E-state index contributed by atoms with van der Waals surface area (Å²) in [4.78, 5) is 13.1.